The Labute approximate surface area is 75.4 Å². The highest BCUT2D eigenvalue weighted by molar-refractivity contribution is 5.44. The van der Waals surface area contributed by atoms with Gasteiger partial charge in [-0.3, -0.25) is 0 Å². The molecule has 12 heavy (non-hydrogen) atoms. The second-order valence-electron chi connectivity index (χ2n) is 4.08. The van der Waals surface area contributed by atoms with Gasteiger partial charge in [0.15, 0.2) is 0 Å². The molecule has 0 radical (unpaired) electrons. The quantitative estimate of drug-likeness (QED) is 0.549. The average molecular weight is 162 g/mol. The van der Waals surface area contributed by atoms with Crippen molar-refractivity contribution in [3.63, 3.8) is 0 Å². The van der Waals surface area contributed by atoms with Crippen LogP contribution in [0.15, 0.2) is 22.8 Å². The van der Waals surface area contributed by atoms with E-state index < -0.39 is 0 Å². The van der Waals surface area contributed by atoms with Crippen molar-refractivity contribution in [3.8, 4) is 0 Å². The second kappa shape index (κ2) is 3.08. The topological polar surface area (TPSA) is 0 Å². The molecule has 1 atom stereocenters. The lowest BCUT2D eigenvalue weighted by Crippen LogP contribution is -2.02. The van der Waals surface area contributed by atoms with Crippen molar-refractivity contribution in [2.24, 2.45) is 5.92 Å². The fourth-order valence-corrected chi connectivity index (χ4v) is 2.66. The Morgan fingerprint density at radius 1 is 1.33 bits per heavy atom. The fraction of sp³-hybridized carbons (Fsp3) is 0.667. The minimum atomic E-state index is 0.806. The predicted molar refractivity (Wildman–Crippen MR) is 53.0 cm³/mol. The predicted octanol–water partition coefficient (Wildman–Crippen LogP) is 3.84. The van der Waals surface area contributed by atoms with Crippen molar-refractivity contribution < 1.29 is 0 Å². The SMILES string of the molecule is CCC1C=C(C)C2=C1CCCC2. The van der Waals surface area contributed by atoms with Crippen molar-refractivity contribution in [3.05, 3.63) is 22.8 Å². The van der Waals surface area contributed by atoms with Gasteiger partial charge in [0.1, 0.15) is 0 Å². The first kappa shape index (κ1) is 8.10. The van der Waals surface area contributed by atoms with Crippen LogP contribution in [0.3, 0.4) is 0 Å². The third kappa shape index (κ3) is 1.14. The highest BCUT2D eigenvalue weighted by atomic mass is 14.3. The van der Waals surface area contributed by atoms with Crippen LogP contribution in [0.2, 0.25) is 0 Å². The molecule has 0 N–H and O–H groups in total. The van der Waals surface area contributed by atoms with Gasteiger partial charge in [0.25, 0.3) is 0 Å². The summed E-state index contributed by atoms with van der Waals surface area (Å²) in [7, 11) is 0. The van der Waals surface area contributed by atoms with Crippen LogP contribution in [0, 0.1) is 5.92 Å². The Hall–Kier alpha value is -0.520. The maximum absolute atomic E-state index is 2.48. The van der Waals surface area contributed by atoms with Gasteiger partial charge in [0.05, 0.1) is 0 Å². The monoisotopic (exact) mass is 162 g/mol. The van der Waals surface area contributed by atoms with Gasteiger partial charge in [0, 0.05) is 0 Å². The van der Waals surface area contributed by atoms with Crippen LogP contribution < -0.4 is 0 Å². The molecule has 0 spiro atoms. The van der Waals surface area contributed by atoms with Gasteiger partial charge >= 0.3 is 0 Å². The standard InChI is InChI=1S/C12H18/c1-3-10-8-9(2)11-6-4-5-7-12(10)11/h8,10H,3-7H2,1-2H3. The van der Waals surface area contributed by atoms with Gasteiger partial charge in [-0.15, -0.1) is 0 Å². The van der Waals surface area contributed by atoms with Gasteiger partial charge in [0.2, 0.25) is 0 Å². The molecule has 2 rings (SSSR count). The first-order valence-electron chi connectivity index (χ1n) is 5.23. The Morgan fingerprint density at radius 3 is 2.83 bits per heavy atom. The summed E-state index contributed by atoms with van der Waals surface area (Å²) in [5.74, 6) is 0.806. The Morgan fingerprint density at radius 2 is 2.08 bits per heavy atom. The van der Waals surface area contributed by atoms with Crippen LogP contribution >= 0.6 is 0 Å². The maximum atomic E-state index is 2.48. The van der Waals surface area contributed by atoms with Crippen LogP contribution in [0.25, 0.3) is 0 Å². The molecule has 0 aromatic rings. The van der Waals surface area contributed by atoms with Crippen molar-refractivity contribution in [1.29, 1.82) is 0 Å². The lowest BCUT2D eigenvalue weighted by Gasteiger charge is -2.19. The molecule has 0 nitrogen and oxygen atoms in total. The first-order chi connectivity index (χ1) is 5.83. The molecule has 0 bridgehead atoms. The molecule has 0 amide bonds. The molecule has 0 aromatic heterocycles. The molecule has 66 valence electrons. The van der Waals surface area contributed by atoms with E-state index in [1.54, 1.807) is 16.7 Å². The van der Waals surface area contributed by atoms with Crippen molar-refractivity contribution in [2.45, 2.75) is 46.0 Å². The first-order valence-corrected chi connectivity index (χ1v) is 5.23. The summed E-state index contributed by atoms with van der Waals surface area (Å²) in [6, 6.07) is 0. The highest BCUT2D eigenvalue weighted by Gasteiger charge is 2.24. The molecular formula is C12H18. The van der Waals surface area contributed by atoms with E-state index in [1.807, 2.05) is 0 Å². The Kier molecular flexibility index (Phi) is 2.08. The van der Waals surface area contributed by atoms with E-state index in [4.69, 9.17) is 0 Å². The number of allylic oxidation sites excluding steroid dienone is 4. The summed E-state index contributed by atoms with van der Waals surface area (Å²) in [5, 5.41) is 0. The molecule has 1 unspecified atom stereocenters. The Balaban J connectivity index is 2.29. The largest absolute Gasteiger partial charge is 0.0741 e. The van der Waals surface area contributed by atoms with Crippen LogP contribution in [0.4, 0.5) is 0 Å². The van der Waals surface area contributed by atoms with E-state index in [2.05, 4.69) is 19.9 Å². The third-order valence-corrected chi connectivity index (χ3v) is 3.33. The number of rotatable bonds is 1. The molecule has 2 aliphatic rings. The smallest absolute Gasteiger partial charge is 0.00142 e. The van der Waals surface area contributed by atoms with Gasteiger partial charge in [-0.25, -0.2) is 0 Å². The molecule has 0 heterocycles. The lowest BCUT2D eigenvalue weighted by molar-refractivity contribution is 0.613. The molecule has 2 aliphatic carbocycles. The minimum absolute atomic E-state index is 0.806. The zero-order valence-electron chi connectivity index (χ0n) is 8.19. The van der Waals surface area contributed by atoms with Crippen molar-refractivity contribution in [1.82, 2.24) is 0 Å². The zero-order valence-corrected chi connectivity index (χ0v) is 8.19. The summed E-state index contributed by atoms with van der Waals surface area (Å²) in [4.78, 5) is 0. The lowest BCUT2D eigenvalue weighted by atomic mass is 9.87. The van der Waals surface area contributed by atoms with Gasteiger partial charge in [-0.05, 0) is 50.5 Å². The van der Waals surface area contributed by atoms with E-state index >= 15 is 0 Å². The molecule has 0 fully saturated rings. The molecule has 0 aromatic carbocycles. The number of hydrogen-bond acceptors (Lipinski definition) is 0. The van der Waals surface area contributed by atoms with Crippen molar-refractivity contribution in [2.75, 3.05) is 0 Å². The highest BCUT2D eigenvalue weighted by Crippen LogP contribution is 2.41. The summed E-state index contributed by atoms with van der Waals surface area (Å²) in [5.41, 5.74) is 5.07. The van der Waals surface area contributed by atoms with E-state index in [0.717, 1.165) is 5.92 Å². The molecular weight excluding hydrogens is 144 g/mol. The zero-order chi connectivity index (χ0) is 8.55. The minimum Gasteiger partial charge on any atom is -0.0741 e. The van der Waals surface area contributed by atoms with Crippen LogP contribution in [0.5, 0.6) is 0 Å². The third-order valence-electron chi connectivity index (χ3n) is 3.33. The normalized spacial score (nSPS) is 28.8. The molecule has 0 saturated carbocycles. The van der Waals surface area contributed by atoms with Gasteiger partial charge in [-0.1, -0.05) is 24.1 Å². The molecule has 0 heteroatoms. The van der Waals surface area contributed by atoms with Gasteiger partial charge in [-0.2, -0.15) is 0 Å². The molecule has 0 saturated heterocycles. The average Bonchev–Trinajstić information content (AvgIpc) is 2.44. The second-order valence-corrected chi connectivity index (χ2v) is 4.08. The summed E-state index contributed by atoms with van der Waals surface area (Å²) in [6.45, 7) is 4.59. The summed E-state index contributed by atoms with van der Waals surface area (Å²) < 4.78 is 0. The number of hydrogen-bond donors (Lipinski definition) is 0. The van der Waals surface area contributed by atoms with E-state index in [-0.39, 0.29) is 0 Å². The van der Waals surface area contributed by atoms with E-state index in [0.29, 0.717) is 0 Å². The fourth-order valence-electron chi connectivity index (χ4n) is 2.66. The van der Waals surface area contributed by atoms with E-state index in [1.165, 1.54) is 32.1 Å². The molecule has 0 aliphatic heterocycles. The van der Waals surface area contributed by atoms with Crippen LogP contribution in [0.1, 0.15) is 46.0 Å². The summed E-state index contributed by atoms with van der Waals surface area (Å²) in [6.07, 6.45) is 9.36. The maximum Gasteiger partial charge on any atom is -0.00142 e. The Bertz CT molecular complexity index is 243. The van der Waals surface area contributed by atoms with Crippen molar-refractivity contribution >= 4 is 0 Å². The summed E-state index contributed by atoms with van der Waals surface area (Å²) >= 11 is 0. The van der Waals surface area contributed by atoms with Gasteiger partial charge < -0.3 is 0 Å². The van der Waals surface area contributed by atoms with E-state index in [9.17, 15) is 0 Å². The van der Waals surface area contributed by atoms with Crippen LogP contribution in [-0.4, -0.2) is 0 Å². The van der Waals surface area contributed by atoms with Crippen LogP contribution in [-0.2, 0) is 0 Å².